The van der Waals surface area contributed by atoms with Gasteiger partial charge in [0.15, 0.2) is 0 Å². The molecule has 162 valence electrons. The lowest BCUT2D eigenvalue weighted by Crippen LogP contribution is -2.46. The summed E-state index contributed by atoms with van der Waals surface area (Å²) < 4.78 is 25.6. The number of piperidine rings is 1. The van der Waals surface area contributed by atoms with E-state index in [-0.39, 0.29) is 11.9 Å². The second-order valence-electron chi connectivity index (χ2n) is 8.24. The largest absolute Gasteiger partial charge is 0.325 e. The monoisotopic (exact) mass is 429 g/mol. The van der Waals surface area contributed by atoms with E-state index in [1.54, 1.807) is 18.2 Å². The van der Waals surface area contributed by atoms with Gasteiger partial charge in [0, 0.05) is 5.69 Å². The van der Waals surface area contributed by atoms with Crippen molar-refractivity contribution in [3.8, 4) is 0 Å². The number of sulfonamides is 1. The first kappa shape index (κ1) is 22.3. The Kier molecular flexibility index (Phi) is 7.15. The lowest BCUT2D eigenvalue weighted by Gasteiger charge is -2.35. The van der Waals surface area contributed by atoms with Gasteiger partial charge in [-0.2, -0.15) is 0 Å². The molecule has 2 aromatic carbocycles. The van der Waals surface area contributed by atoms with Crippen LogP contribution in [0.5, 0.6) is 0 Å². The van der Waals surface area contributed by atoms with Crippen LogP contribution < -0.4 is 10.0 Å². The van der Waals surface area contributed by atoms with Gasteiger partial charge in [-0.15, -0.1) is 0 Å². The van der Waals surface area contributed by atoms with Crippen molar-refractivity contribution in [2.75, 3.05) is 29.4 Å². The molecule has 1 aliphatic rings. The lowest BCUT2D eigenvalue weighted by atomic mass is 9.89. The van der Waals surface area contributed by atoms with E-state index in [9.17, 15) is 13.2 Å². The number of benzene rings is 2. The first-order valence-electron chi connectivity index (χ1n) is 10.4. The molecular weight excluding hydrogens is 398 g/mol. The third-order valence-electron chi connectivity index (χ3n) is 5.74. The van der Waals surface area contributed by atoms with Crippen LogP contribution in [-0.2, 0) is 21.2 Å². The maximum atomic E-state index is 12.8. The summed E-state index contributed by atoms with van der Waals surface area (Å²) in [5.74, 6) is 0.575. The normalized spacial score (nSPS) is 16.8. The maximum Gasteiger partial charge on any atom is 0.241 e. The van der Waals surface area contributed by atoms with Gasteiger partial charge in [-0.3, -0.25) is 14.4 Å². The van der Waals surface area contributed by atoms with Gasteiger partial charge in [0.25, 0.3) is 0 Å². The Hall–Kier alpha value is -2.38. The van der Waals surface area contributed by atoms with Crippen LogP contribution in [-0.4, -0.2) is 44.6 Å². The van der Waals surface area contributed by atoms with Gasteiger partial charge in [0.1, 0.15) is 0 Å². The fourth-order valence-electron chi connectivity index (χ4n) is 3.91. The van der Waals surface area contributed by atoms with Crippen LogP contribution in [0.4, 0.5) is 11.4 Å². The number of likely N-dealkylation sites (tertiary alicyclic amines) is 1. The van der Waals surface area contributed by atoms with Crippen molar-refractivity contribution < 1.29 is 13.2 Å². The first-order chi connectivity index (χ1) is 14.2. The molecule has 0 saturated carbocycles. The third kappa shape index (κ3) is 6.31. The van der Waals surface area contributed by atoms with Gasteiger partial charge < -0.3 is 5.32 Å². The zero-order valence-corrected chi connectivity index (χ0v) is 18.7. The maximum absolute atomic E-state index is 12.8. The van der Waals surface area contributed by atoms with Crippen LogP contribution in [0.15, 0.2) is 48.5 Å². The summed E-state index contributed by atoms with van der Waals surface area (Å²) in [6.45, 7) is 5.56. The van der Waals surface area contributed by atoms with Gasteiger partial charge >= 0.3 is 0 Å². The summed E-state index contributed by atoms with van der Waals surface area (Å²) in [5, 5.41) is 2.93. The quantitative estimate of drug-likeness (QED) is 0.704. The molecule has 3 rings (SSSR count). The van der Waals surface area contributed by atoms with E-state index in [4.69, 9.17) is 0 Å². The summed E-state index contributed by atoms with van der Waals surface area (Å²) in [5.41, 5.74) is 3.24. The van der Waals surface area contributed by atoms with Crippen LogP contribution in [0.3, 0.4) is 0 Å². The molecule has 1 amide bonds. The second-order valence-corrected chi connectivity index (χ2v) is 9.99. The minimum atomic E-state index is -3.38. The first-order valence-corrected chi connectivity index (χ1v) is 12.3. The van der Waals surface area contributed by atoms with Gasteiger partial charge in [0.2, 0.25) is 15.9 Å². The summed E-state index contributed by atoms with van der Waals surface area (Å²) in [4.78, 5) is 15.0. The molecule has 1 aliphatic heterocycles. The van der Waals surface area contributed by atoms with E-state index in [0.29, 0.717) is 17.3 Å². The molecular formula is C23H31N3O3S. The number of hydrogen-bond acceptors (Lipinski definition) is 4. The molecule has 0 spiro atoms. The molecule has 1 atom stereocenters. The van der Waals surface area contributed by atoms with Crippen molar-refractivity contribution in [2.45, 2.75) is 39.2 Å². The number of amides is 1. The summed E-state index contributed by atoms with van der Waals surface area (Å²) >= 11 is 0. The van der Waals surface area contributed by atoms with Crippen molar-refractivity contribution in [3.05, 3.63) is 59.7 Å². The van der Waals surface area contributed by atoms with Crippen molar-refractivity contribution >= 4 is 27.3 Å². The Morgan fingerprint density at radius 2 is 1.80 bits per heavy atom. The van der Waals surface area contributed by atoms with Gasteiger partial charge in [-0.25, -0.2) is 8.42 Å². The van der Waals surface area contributed by atoms with E-state index in [1.165, 1.54) is 5.56 Å². The summed E-state index contributed by atoms with van der Waals surface area (Å²) in [6, 6.07) is 15.6. The predicted octanol–water partition coefficient (Wildman–Crippen LogP) is 3.65. The minimum absolute atomic E-state index is 0.0781. The van der Waals surface area contributed by atoms with Crippen LogP contribution in [0.1, 0.15) is 30.9 Å². The number of carbonyl (C=O) groups excluding carboxylic acids is 1. The molecule has 1 heterocycles. The topological polar surface area (TPSA) is 78.5 Å². The van der Waals surface area contributed by atoms with Gasteiger partial charge in [-0.1, -0.05) is 36.4 Å². The molecule has 2 aromatic rings. The molecule has 6 nitrogen and oxygen atoms in total. The fourth-order valence-corrected chi connectivity index (χ4v) is 4.53. The minimum Gasteiger partial charge on any atom is -0.325 e. The number of aryl methyl sites for hydroxylation is 1. The smallest absolute Gasteiger partial charge is 0.241 e. The van der Waals surface area contributed by atoms with Crippen molar-refractivity contribution in [1.82, 2.24) is 4.90 Å². The lowest BCUT2D eigenvalue weighted by molar-refractivity contribution is -0.121. The molecule has 30 heavy (non-hydrogen) atoms. The summed E-state index contributed by atoms with van der Waals surface area (Å²) in [7, 11) is -3.38. The molecule has 2 N–H and O–H groups in total. The van der Waals surface area contributed by atoms with Crippen molar-refractivity contribution in [2.24, 2.45) is 5.92 Å². The molecule has 1 fully saturated rings. The fraction of sp³-hybridized carbons (Fsp3) is 0.435. The molecule has 0 aliphatic carbocycles. The van der Waals surface area contributed by atoms with Crippen molar-refractivity contribution in [3.63, 3.8) is 0 Å². The number of carbonyl (C=O) groups is 1. The van der Waals surface area contributed by atoms with Crippen LogP contribution >= 0.6 is 0 Å². The highest BCUT2D eigenvalue weighted by atomic mass is 32.2. The number of rotatable bonds is 7. The van der Waals surface area contributed by atoms with Crippen molar-refractivity contribution in [1.29, 1.82) is 0 Å². The second kappa shape index (κ2) is 9.62. The number of hydrogen-bond donors (Lipinski definition) is 2. The molecule has 0 radical (unpaired) electrons. The molecule has 7 heteroatoms. The highest BCUT2D eigenvalue weighted by Crippen LogP contribution is 2.24. The van der Waals surface area contributed by atoms with E-state index >= 15 is 0 Å². The van der Waals surface area contributed by atoms with E-state index in [0.717, 1.165) is 44.2 Å². The molecule has 0 bridgehead atoms. The van der Waals surface area contributed by atoms with Crippen LogP contribution in [0.25, 0.3) is 0 Å². The highest BCUT2D eigenvalue weighted by Gasteiger charge is 2.26. The number of nitrogens with zero attached hydrogens (tertiary/aromatic N) is 1. The third-order valence-corrected chi connectivity index (χ3v) is 6.33. The van der Waals surface area contributed by atoms with E-state index in [2.05, 4.69) is 39.2 Å². The summed E-state index contributed by atoms with van der Waals surface area (Å²) in [6.07, 6.45) is 4.37. The Bertz CT molecular complexity index is 968. The standard InChI is InChI=1S/C23H31N3O3S/c1-17-9-10-21(16-22(17)25-30(3,28)29)24-23(27)18(2)26-13-11-20(12-14-26)15-19-7-5-4-6-8-19/h4-10,16,18,20,25H,11-15H2,1-3H3,(H,24,27). The zero-order chi connectivity index (χ0) is 21.7. The van der Waals surface area contributed by atoms with E-state index < -0.39 is 10.0 Å². The highest BCUT2D eigenvalue weighted by molar-refractivity contribution is 7.92. The van der Waals surface area contributed by atoms with E-state index in [1.807, 2.05) is 19.9 Å². The Labute approximate surface area is 179 Å². The Morgan fingerprint density at radius 1 is 1.13 bits per heavy atom. The van der Waals surface area contributed by atoms with Gasteiger partial charge in [0.05, 0.1) is 18.0 Å². The number of nitrogens with one attached hydrogen (secondary N) is 2. The average Bonchev–Trinajstić information content (AvgIpc) is 2.70. The molecule has 1 saturated heterocycles. The van der Waals surface area contributed by atoms with Gasteiger partial charge in [-0.05, 0) is 75.4 Å². The molecule has 0 aromatic heterocycles. The Morgan fingerprint density at radius 3 is 2.43 bits per heavy atom. The zero-order valence-electron chi connectivity index (χ0n) is 17.9. The SMILES string of the molecule is Cc1ccc(NC(=O)C(C)N2CCC(Cc3ccccc3)CC2)cc1NS(C)(=O)=O. The average molecular weight is 430 g/mol. The van der Waals surface area contributed by atoms with Crippen LogP contribution in [0.2, 0.25) is 0 Å². The Balaban J connectivity index is 1.54. The predicted molar refractivity (Wildman–Crippen MR) is 122 cm³/mol. The number of anilines is 2. The van der Waals surface area contributed by atoms with Crippen LogP contribution in [0, 0.1) is 12.8 Å². The molecule has 1 unspecified atom stereocenters.